The smallest absolute Gasteiger partial charge is 0.321 e. The lowest BCUT2D eigenvalue weighted by Gasteiger charge is -2.43. The summed E-state index contributed by atoms with van der Waals surface area (Å²) in [6.45, 7) is 11.5. The first-order valence-electron chi connectivity index (χ1n) is 9.15. The highest BCUT2D eigenvalue weighted by Crippen LogP contribution is 2.43. The van der Waals surface area contributed by atoms with Crippen molar-refractivity contribution in [3.63, 3.8) is 0 Å². The van der Waals surface area contributed by atoms with Gasteiger partial charge in [-0.25, -0.2) is 0 Å². The van der Waals surface area contributed by atoms with Crippen LogP contribution in [0.4, 0.5) is 0 Å². The number of cyclic esters (lactones) is 1. The van der Waals surface area contributed by atoms with Crippen molar-refractivity contribution in [1.29, 1.82) is 0 Å². The van der Waals surface area contributed by atoms with Gasteiger partial charge in [0.15, 0.2) is 5.78 Å². The van der Waals surface area contributed by atoms with Gasteiger partial charge in [0.05, 0.1) is 12.0 Å². The van der Waals surface area contributed by atoms with Gasteiger partial charge in [-0.3, -0.25) is 14.4 Å². The quantitative estimate of drug-likeness (QED) is 0.471. The van der Waals surface area contributed by atoms with Gasteiger partial charge in [0.1, 0.15) is 12.5 Å². The minimum absolute atomic E-state index is 0.00664. The third-order valence-corrected chi connectivity index (χ3v) is 5.59. The van der Waals surface area contributed by atoms with Crippen molar-refractivity contribution in [3.05, 3.63) is 47.0 Å². The van der Waals surface area contributed by atoms with Crippen molar-refractivity contribution < 1.29 is 19.2 Å². The van der Waals surface area contributed by atoms with Crippen molar-refractivity contribution in [2.75, 3.05) is 26.3 Å². The topological polar surface area (TPSA) is 55.8 Å². The van der Waals surface area contributed by atoms with E-state index in [1.54, 1.807) is 6.08 Å². The molecule has 5 heteroatoms. The van der Waals surface area contributed by atoms with Gasteiger partial charge in [-0.1, -0.05) is 23.8 Å². The molecule has 0 bridgehead atoms. The third-order valence-electron chi connectivity index (χ3n) is 5.59. The summed E-state index contributed by atoms with van der Waals surface area (Å²) in [7, 11) is 0. The van der Waals surface area contributed by atoms with E-state index in [-0.39, 0.29) is 12.4 Å². The number of hydrogen-bond acceptors (Lipinski definition) is 5. The molecule has 2 fully saturated rings. The molecule has 26 heavy (non-hydrogen) atoms. The van der Waals surface area contributed by atoms with E-state index >= 15 is 0 Å². The highest BCUT2D eigenvalue weighted by atomic mass is 16.7. The Hall–Kier alpha value is -1.98. The molecule has 2 saturated heterocycles. The predicted octanol–water partition coefficient (Wildman–Crippen LogP) is 3.02. The molecule has 0 radical (unpaired) electrons. The molecule has 1 aromatic carbocycles. The van der Waals surface area contributed by atoms with E-state index in [0.717, 1.165) is 22.3 Å². The van der Waals surface area contributed by atoms with Gasteiger partial charge in [0.25, 0.3) is 0 Å². The highest BCUT2D eigenvalue weighted by Gasteiger charge is 2.52. The number of rotatable bonds is 4. The molecule has 0 aromatic heterocycles. The molecule has 0 N–H and O–H groups in total. The Morgan fingerprint density at radius 3 is 2.42 bits per heavy atom. The van der Waals surface area contributed by atoms with Gasteiger partial charge in [0, 0.05) is 13.1 Å². The van der Waals surface area contributed by atoms with Crippen LogP contribution in [0.5, 0.6) is 0 Å². The minimum atomic E-state index is -0.815. The Balaban J connectivity index is 1.86. The Morgan fingerprint density at radius 2 is 1.85 bits per heavy atom. The molecule has 2 heterocycles. The Labute approximate surface area is 154 Å². The average Bonchev–Trinajstić information content (AvgIpc) is 2.60. The molecule has 140 valence electrons. The molecule has 2 aliphatic heterocycles. The Bertz CT molecular complexity index is 709. The first-order chi connectivity index (χ1) is 12.4. The molecular formula is C21H27NO4. The normalized spacial score (nSPS) is 23.1. The number of ether oxygens (including phenoxy) is 1. The zero-order valence-electron chi connectivity index (χ0n) is 15.8. The van der Waals surface area contributed by atoms with Crippen LogP contribution in [0.2, 0.25) is 0 Å². The molecule has 1 atom stereocenters. The summed E-state index contributed by atoms with van der Waals surface area (Å²) in [4.78, 5) is 31.6. The molecule has 1 unspecified atom stereocenters. The number of nitrogens with zero attached hydrogens (tertiary/aromatic N) is 1. The molecule has 2 aliphatic rings. The van der Waals surface area contributed by atoms with Gasteiger partial charge in [-0.15, -0.1) is 6.58 Å². The first kappa shape index (κ1) is 18.8. The van der Waals surface area contributed by atoms with Gasteiger partial charge in [0.2, 0.25) is 0 Å². The van der Waals surface area contributed by atoms with Crippen molar-refractivity contribution in [2.45, 2.75) is 39.5 Å². The molecule has 1 spiro atoms. The minimum Gasteiger partial charge on any atom is -0.464 e. The van der Waals surface area contributed by atoms with E-state index in [2.05, 4.69) is 6.58 Å². The van der Waals surface area contributed by atoms with Gasteiger partial charge >= 0.3 is 5.97 Å². The fourth-order valence-corrected chi connectivity index (χ4v) is 4.26. The first-order valence-corrected chi connectivity index (χ1v) is 9.15. The van der Waals surface area contributed by atoms with Gasteiger partial charge in [-0.05, 0) is 50.3 Å². The molecule has 0 amide bonds. The number of esters is 1. The lowest BCUT2D eigenvalue weighted by atomic mass is 9.68. The summed E-state index contributed by atoms with van der Waals surface area (Å²) in [5.74, 6) is -1.22. The van der Waals surface area contributed by atoms with Crippen LogP contribution in [0, 0.1) is 26.2 Å². The maximum absolute atomic E-state index is 13.4. The second-order valence-electron chi connectivity index (χ2n) is 7.51. The lowest BCUT2D eigenvalue weighted by molar-refractivity contribution is -0.191. The van der Waals surface area contributed by atoms with Crippen molar-refractivity contribution in [2.24, 2.45) is 5.41 Å². The fraction of sp³-hybridized carbons (Fsp3) is 0.524. The number of carbonyl (C=O) groups excluding carboxylic acids is 2. The molecule has 0 saturated carbocycles. The second kappa shape index (κ2) is 7.33. The lowest BCUT2D eigenvalue weighted by Crippen LogP contribution is -2.53. The summed E-state index contributed by atoms with van der Waals surface area (Å²) in [6, 6.07) is 4.05. The average molecular weight is 357 g/mol. The summed E-state index contributed by atoms with van der Waals surface area (Å²) in [6.07, 6.45) is 2.98. The van der Waals surface area contributed by atoms with Gasteiger partial charge < -0.3 is 4.74 Å². The predicted molar refractivity (Wildman–Crippen MR) is 98.7 cm³/mol. The number of carbonyl (C=O) groups is 2. The Kier molecular flexibility index (Phi) is 5.30. The molecule has 5 nitrogen and oxygen atoms in total. The molecule has 0 aliphatic carbocycles. The second-order valence-corrected chi connectivity index (χ2v) is 7.51. The van der Waals surface area contributed by atoms with E-state index in [1.807, 2.05) is 38.0 Å². The molecule has 3 rings (SSSR count). The van der Waals surface area contributed by atoms with E-state index < -0.39 is 17.3 Å². The largest absolute Gasteiger partial charge is 0.464 e. The van der Waals surface area contributed by atoms with Crippen LogP contribution in [-0.4, -0.2) is 43.1 Å². The van der Waals surface area contributed by atoms with Crippen LogP contribution in [-0.2, 0) is 19.2 Å². The zero-order chi connectivity index (χ0) is 18.9. The number of Topliss-reactive ketones (excluding diaryl/α,β-unsaturated/α-hetero) is 1. The molecule has 1 aromatic rings. The number of hydrogen-bond donors (Lipinski definition) is 0. The van der Waals surface area contributed by atoms with E-state index in [4.69, 9.17) is 9.57 Å². The number of aryl methyl sites for hydroxylation is 3. The third kappa shape index (κ3) is 3.33. The Morgan fingerprint density at radius 1 is 1.23 bits per heavy atom. The van der Waals surface area contributed by atoms with E-state index in [1.165, 1.54) is 0 Å². The van der Waals surface area contributed by atoms with Crippen LogP contribution < -0.4 is 0 Å². The summed E-state index contributed by atoms with van der Waals surface area (Å²) >= 11 is 0. The summed E-state index contributed by atoms with van der Waals surface area (Å²) in [5.41, 5.74) is 3.29. The zero-order valence-corrected chi connectivity index (χ0v) is 15.8. The maximum Gasteiger partial charge on any atom is 0.321 e. The molecular weight excluding hydrogens is 330 g/mol. The van der Waals surface area contributed by atoms with Gasteiger partial charge in [-0.2, -0.15) is 5.06 Å². The number of hydroxylamine groups is 2. The number of benzene rings is 1. The van der Waals surface area contributed by atoms with Crippen LogP contribution >= 0.6 is 0 Å². The van der Waals surface area contributed by atoms with Crippen LogP contribution in [0.25, 0.3) is 0 Å². The van der Waals surface area contributed by atoms with E-state index in [0.29, 0.717) is 32.5 Å². The van der Waals surface area contributed by atoms with Crippen LogP contribution in [0.15, 0.2) is 24.8 Å². The standard InChI is InChI=1S/C21H27NO4/c1-5-10-26-22-8-6-21(7-9-22)13-25-20(24)18(19(21)23)17-15(3)11-14(2)12-16(17)4/h5,11-12,18H,1,6-10,13H2,2-4H3. The van der Waals surface area contributed by atoms with Crippen LogP contribution in [0.3, 0.4) is 0 Å². The fourth-order valence-electron chi connectivity index (χ4n) is 4.26. The number of ketones is 1. The van der Waals surface area contributed by atoms with Crippen molar-refractivity contribution in [1.82, 2.24) is 5.06 Å². The van der Waals surface area contributed by atoms with Crippen molar-refractivity contribution in [3.8, 4) is 0 Å². The van der Waals surface area contributed by atoms with Crippen LogP contribution in [0.1, 0.15) is 41.0 Å². The highest BCUT2D eigenvalue weighted by molar-refractivity contribution is 6.09. The van der Waals surface area contributed by atoms with E-state index in [9.17, 15) is 9.59 Å². The number of piperidine rings is 1. The monoisotopic (exact) mass is 357 g/mol. The van der Waals surface area contributed by atoms with Crippen molar-refractivity contribution >= 4 is 11.8 Å². The summed E-state index contributed by atoms with van der Waals surface area (Å²) < 4.78 is 5.53. The maximum atomic E-state index is 13.4. The summed E-state index contributed by atoms with van der Waals surface area (Å²) in [5, 5.41) is 1.87. The SMILES string of the molecule is C=CCON1CCC2(CC1)COC(=O)C(c1c(C)cc(C)cc1C)C2=O.